The molecule has 0 amide bonds. The molecule has 4 heteroatoms. The average Bonchev–Trinajstić information content (AvgIpc) is 2.08. The summed E-state index contributed by atoms with van der Waals surface area (Å²) < 4.78 is 1.69. The minimum atomic E-state index is -0.240. The van der Waals surface area contributed by atoms with Crippen LogP contribution in [0.4, 0.5) is 0 Å². The second-order valence-electron chi connectivity index (χ2n) is 2.34. The summed E-state index contributed by atoms with van der Waals surface area (Å²) in [4.78, 5) is -0.240. The van der Waals surface area contributed by atoms with E-state index < -0.39 is 0 Å². The molecule has 0 aromatic carbocycles. The van der Waals surface area contributed by atoms with Gasteiger partial charge in [0.1, 0.15) is 4.87 Å². The first-order valence-corrected chi connectivity index (χ1v) is 3.14. The van der Waals surface area contributed by atoms with Gasteiger partial charge in [-0.15, -0.1) is 17.7 Å². The highest BCUT2D eigenvalue weighted by Gasteiger charge is 2.12. The van der Waals surface area contributed by atoms with Crippen LogP contribution in [0, 0.1) is 0 Å². The summed E-state index contributed by atoms with van der Waals surface area (Å²) in [6.45, 7) is 3.90. The zero-order valence-corrected chi connectivity index (χ0v) is 6.34. The van der Waals surface area contributed by atoms with Crippen LogP contribution in [0.15, 0.2) is 12.4 Å². The third-order valence-corrected chi connectivity index (χ3v) is 1.19. The van der Waals surface area contributed by atoms with E-state index in [0.717, 1.165) is 0 Å². The molecule has 0 saturated carbocycles. The summed E-state index contributed by atoms with van der Waals surface area (Å²) in [7, 11) is 0. The SMILES string of the molecule is CC(C)(S)n1ccnn1. The van der Waals surface area contributed by atoms with Crippen molar-refractivity contribution in [1.82, 2.24) is 15.0 Å². The Bertz CT molecular complexity index is 175. The highest BCUT2D eigenvalue weighted by atomic mass is 32.1. The Balaban J connectivity index is 2.90. The highest BCUT2D eigenvalue weighted by molar-refractivity contribution is 7.81. The fraction of sp³-hybridized carbons (Fsp3) is 0.600. The van der Waals surface area contributed by atoms with Crippen molar-refractivity contribution in [3.05, 3.63) is 12.4 Å². The van der Waals surface area contributed by atoms with Gasteiger partial charge in [0.15, 0.2) is 0 Å². The summed E-state index contributed by atoms with van der Waals surface area (Å²) in [5.41, 5.74) is 0. The summed E-state index contributed by atoms with van der Waals surface area (Å²) in [6, 6.07) is 0. The van der Waals surface area contributed by atoms with Crippen LogP contribution in [0.1, 0.15) is 13.8 Å². The molecule has 0 N–H and O–H groups in total. The minimum Gasteiger partial charge on any atom is -0.237 e. The van der Waals surface area contributed by atoms with Crippen LogP contribution >= 0.6 is 12.6 Å². The van der Waals surface area contributed by atoms with Crippen LogP contribution in [0.25, 0.3) is 0 Å². The van der Waals surface area contributed by atoms with E-state index in [-0.39, 0.29) is 4.87 Å². The van der Waals surface area contributed by atoms with E-state index in [1.807, 2.05) is 13.8 Å². The molecule has 0 unspecified atom stereocenters. The molecule has 3 nitrogen and oxygen atoms in total. The first kappa shape index (κ1) is 6.61. The summed E-state index contributed by atoms with van der Waals surface area (Å²) >= 11 is 4.27. The molecular formula is C5H9N3S. The smallest absolute Gasteiger partial charge is 0.101 e. The molecule has 0 saturated heterocycles. The number of hydrogen-bond acceptors (Lipinski definition) is 3. The molecule has 9 heavy (non-hydrogen) atoms. The van der Waals surface area contributed by atoms with E-state index in [1.165, 1.54) is 0 Å². The van der Waals surface area contributed by atoms with Gasteiger partial charge in [-0.2, -0.15) is 0 Å². The van der Waals surface area contributed by atoms with Crippen molar-refractivity contribution in [2.75, 3.05) is 0 Å². The molecule has 1 heterocycles. The molecule has 1 rings (SSSR count). The van der Waals surface area contributed by atoms with Crippen LogP contribution in [0.5, 0.6) is 0 Å². The summed E-state index contributed by atoms with van der Waals surface area (Å²) in [6.07, 6.45) is 3.42. The number of hydrogen-bond donors (Lipinski definition) is 1. The first-order valence-electron chi connectivity index (χ1n) is 2.70. The third kappa shape index (κ3) is 1.45. The molecular weight excluding hydrogens is 134 g/mol. The van der Waals surface area contributed by atoms with E-state index in [1.54, 1.807) is 17.1 Å². The van der Waals surface area contributed by atoms with Crippen LogP contribution in [0.3, 0.4) is 0 Å². The van der Waals surface area contributed by atoms with E-state index >= 15 is 0 Å². The number of rotatable bonds is 1. The van der Waals surface area contributed by atoms with Crippen LogP contribution in [-0.4, -0.2) is 15.0 Å². The summed E-state index contributed by atoms with van der Waals surface area (Å²) in [5, 5.41) is 7.43. The lowest BCUT2D eigenvalue weighted by Gasteiger charge is -2.15. The van der Waals surface area contributed by atoms with Gasteiger partial charge in [-0.25, -0.2) is 4.68 Å². The van der Waals surface area contributed by atoms with Gasteiger partial charge in [0.05, 0.1) is 6.20 Å². The normalized spacial score (nSPS) is 11.9. The molecule has 1 aromatic heterocycles. The van der Waals surface area contributed by atoms with Gasteiger partial charge < -0.3 is 0 Å². The predicted molar refractivity (Wildman–Crippen MR) is 38.3 cm³/mol. The molecule has 0 aliphatic rings. The molecule has 0 aliphatic heterocycles. The maximum absolute atomic E-state index is 4.27. The van der Waals surface area contributed by atoms with Crippen molar-refractivity contribution in [3.8, 4) is 0 Å². The zero-order chi connectivity index (χ0) is 6.91. The second kappa shape index (κ2) is 2.02. The Morgan fingerprint density at radius 1 is 1.56 bits per heavy atom. The standard InChI is InChI=1S/C5H9N3S/c1-5(2,9)8-4-3-6-7-8/h3-4,9H,1-2H3. The lowest BCUT2D eigenvalue weighted by Crippen LogP contribution is -2.19. The Morgan fingerprint density at radius 2 is 2.22 bits per heavy atom. The van der Waals surface area contributed by atoms with Crippen molar-refractivity contribution < 1.29 is 0 Å². The molecule has 0 aliphatic carbocycles. The number of aromatic nitrogens is 3. The van der Waals surface area contributed by atoms with Crippen LogP contribution in [0.2, 0.25) is 0 Å². The molecule has 50 valence electrons. The minimum absolute atomic E-state index is 0.240. The average molecular weight is 143 g/mol. The van der Waals surface area contributed by atoms with Crippen molar-refractivity contribution in [2.24, 2.45) is 0 Å². The number of thiol groups is 1. The van der Waals surface area contributed by atoms with E-state index in [9.17, 15) is 0 Å². The van der Waals surface area contributed by atoms with E-state index in [0.29, 0.717) is 0 Å². The Morgan fingerprint density at radius 3 is 2.44 bits per heavy atom. The lowest BCUT2D eigenvalue weighted by molar-refractivity contribution is 0.467. The predicted octanol–water partition coefficient (Wildman–Crippen LogP) is 0.900. The van der Waals surface area contributed by atoms with Crippen molar-refractivity contribution in [1.29, 1.82) is 0 Å². The fourth-order valence-corrected chi connectivity index (χ4v) is 0.607. The van der Waals surface area contributed by atoms with E-state index in [2.05, 4.69) is 22.9 Å². The van der Waals surface area contributed by atoms with Crippen molar-refractivity contribution >= 4 is 12.6 Å². The molecule has 0 atom stereocenters. The number of nitrogens with zero attached hydrogens (tertiary/aromatic N) is 3. The monoisotopic (exact) mass is 143 g/mol. The van der Waals surface area contributed by atoms with E-state index in [4.69, 9.17) is 0 Å². The van der Waals surface area contributed by atoms with Crippen LogP contribution < -0.4 is 0 Å². The zero-order valence-electron chi connectivity index (χ0n) is 5.44. The van der Waals surface area contributed by atoms with Gasteiger partial charge in [-0.05, 0) is 13.8 Å². The topological polar surface area (TPSA) is 30.7 Å². The Kier molecular flexibility index (Phi) is 1.48. The maximum Gasteiger partial charge on any atom is 0.101 e. The third-order valence-electron chi connectivity index (χ3n) is 0.983. The van der Waals surface area contributed by atoms with Gasteiger partial charge in [0.2, 0.25) is 0 Å². The second-order valence-corrected chi connectivity index (χ2v) is 3.44. The van der Waals surface area contributed by atoms with Gasteiger partial charge in [0.25, 0.3) is 0 Å². The van der Waals surface area contributed by atoms with Gasteiger partial charge in [-0.3, -0.25) is 0 Å². The highest BCUT2D eigenvalue weighted by Crippen LogP contribution is 2.16. The fourth-order valence-electron chi connectivity index (χ4n) is 0.500. The quantitative estimate of drug-likeness (QED) is 0.592. The molecule has 0 spiro atoms. The Labute approximate surface area is 59.5 Å². The largest absolute Gasteiger partial charge is 0.237 e. The molecule has 1 aromatic rings. The van der Waals surface area contributed by atoms with Crippen LogP contribution in [-0.2, 0) is 4.87 Å². The van der Waals surface area contributed by atoms with Gasteiger partial charge in [0, 0.05) is 6.20 Å². The van der Waals surface area contributed by atoms with Crippen molar-refractivity contribution in [3.63, 3.8) is 0 Å². The molecule has 0 fully saturated rings. The first-order chi connectivity index (χ1) is 4.11. The maximum atomic E-state index is 4.27. The summed E-state index contributed by atoms with van der Waals surface area (Å²) in [5.74, 6) is 0. The lowest BCUT2D eigenvalue weighted by atomic mass is 10.4. The molecule has 0 bridgehead atoms. The van der Waals surface area contributed by atoms with Gasteiger partial charge in [-0.1, -0.05) is 5.21 Å². The Hall–Kier alpha value is -0.510. The van der Waals surface area contributed by atoms with Crippen molar-refractivity contribution in [2.45, 2.75) is 18.7 Å². The molecule has 0 radical (unpaired) electrons. The van der Waals surface area contributed by atoms with Gasteiger partial charge >= 0.3 is 0 Å².